The number of nitrogens with one attached hydrogen (secondary N) is 1. The van der Waals surface area contributed by atoms with Crippen LogP contribution in [0.5, 0.6) is 0 Å². The number of rotatable bonds is 8. The van der Waals surface area contributed by atoms with E-state index in [1.54, 1.807) is 6.92 Å². The average molecular weight is 530 g/mol. The molecule has 0 aliphatic carbocycles. The fourth-order valence-electron chi connectivity index (χ4n) is 3.93. The summed E-state index contributed by atoms with van der Waals surface area (Å²) in [6, 6.07) is 27.7. The maximum absolute atomic E-state index is 13.7. The molecule has 0 bridgehead atoms. The summed E-state index contributed by atoms with van der Waals surface area (Å²) < 4.78 is 5.40. The monoisotopic (exact) mass is 529 g/mol. The smallest absolute Gasteiger partial charge is 0.341 e. The van der Waals surface area contributed by atoms with Crippen molar-refractivity contribution in [1.29, 1.82) is 0 Å². The molecule has 1 aromatic heterocycles. The van der Waals surface area contributed by atoms with Crippen LogP contribution in [-0.4, -0.2) is 18.5 Å². The Hall–Kier alpha value is -3.35. The zero-order chi connectivity index (χ0) is 26.4. The van der Waals surface area contributed by atoms with Crippen molar-refractivity contribution < 1.29 is 14.3 Å². The summed E-state index contributed by atoms with van der Waals surface area (Å²) in [6.45, 7) is 8.53. The Balaban J connectivity index is 1.68. The van der Waals surface area contributed by atoms with Gasteiger partial charge in [-0.2, -0.15) is 0 Å². The second kappa shape index (κ2) is 11.8. The van der Waals surface area contributed by atoms with Gasteiger partial charge in [0.15, 0.2) is 0 Å². The molecule has 4 nitrogen and oxygen atoms in total. The Kier molecular flexibility index (Phi) is 8.52. The van der Waals surface area contributed by atoms with E-state index in [9.17, 15) is 9.59 Å². The van der Waals surface area contributed by atoms with Crippen LogP contribution in [0.3, 0.4) is 0 Å². The molecule has 6 heteroatoms. The summed E-state index contributed by atoms with van der Waals surface area (Å²) in [7, 11) is 0. The van der Waals surface area contributed by atoms with Gasteiger partial charge in [0.25, 0.3) is 0 Å². The van der Waals surface area contributed by atoms with E-state index in [-0.39, 0.29) is 17.9 Å². The Morgan fingerprint density at radius 3 is 2.14 bits per heavy atom. The summed E-state index contributed by atoms with van der Waals surface area (Å²) in [6.07, 6.45) is 0. The number of hydrogen-bond donors (Lipinski definition) is 1. The maximum atomic E-state index is 13.7. The van der Waals surface area contributed by atoms with Crippen LogP contribution < -0.4 is 5.32 Å². The molecule has 0 radical (unpaired) electrons. The highest BCUT2D eigenvalue weighted by molar-refractivity contribution is 8.00. The van der Waals surface area contributed by atoms with Gasteiger partial charge in [0.2, 0.25) is 5.91 Å². The molecule has 0 fully saturated rings. The predicted molar refractivity (Wildman–Crippen MR) is 155 cm³/mol. The normalized spacial score (nSPS) is 12.1. The van der Waals surface area contributed by atoms with E-state index in [1.807, 2.05) is 78.2 Å². The first-order chi connectivity index (χ1) is 17.8. The second-order valence-corrected chi connectivity index (χ2v) is 11.7. The minimum absolute atomic E-state index is 0.0269. The van der Waals surface area contributed by atoms with Gasteiger partial charge in [-0.05, 0) is 41.2 Å². The van der Waals surface area contributed by atoms with Crippen LogP contribution in [0, 0.1) is 0 Å². The van der Waals surface area contributed by atoms with E-state index in [4.69, 9.17) is 4.74 Å². The first-order valence-electron chi connectivity index (χ1n) is 12.2. The predicted octanol–water partition coefficient (Wildman–Crippen LogP) is 8.36. The summed E-state index contributed by atoms with van der Waals surface area (Å²) in [5.74, 6) is -0.636. The van der Waals surface area contributed by atoms with Crippen LogP contribution in [0.25, 0.3) is 11.1 Å². The molecule has 4 rings (SSSR count). The molecule has 0 saturated heterocycles. The molecule has 0 aliphatic heterocycles. The van der Waals surface area contributed by atoms with Crippen molar-refractivity contribution in [2.45, 2.75) is 43.3 Å². The molecule has 37 heavy (non-hydrogen) atoms. The third-order valence-corrected chi connectivity index (χ3v) is 8.07. The standard InChI is InChI=1S/C31H31NO3S2/c1-5-35-30(34)26-25(21-16-18-23(19-17-21)31(2,3)4)20-36-29(26)32-28(33)27(22-12-8-6-9-13-22)37-24-14-10-7-11-15-24/h6-20,27H,5H2,1-4H3,(H,32,33)/t27-/m1/s1. The molecule has 1 amide bonds. The van der Waals surface area contributed by atoms with E-state index < -0.39 is 11.2 Å². The first kappa shape index (κ1) is 26.7. The van der Waals surface area contributed by atoms with Crippen LogP contribution in [0.15, 0.2) is 95.2 Å². The van der Waals surface area contributed by atoms with Gasteiger partial charge >= 0.3 is 5.97 Å². The number of thiophene rings is 1. The van der Waals surface area contributed by atoms with Gasteiger partial charge < -0.3 is 10.1 Å². The number of carbonyl (C=O) groups excluding carboxylic acids is 2. The third kappa shape index (κ3) is 6.51. The van der Waals surface area contributed by atoms with Gasteiger partial charge in [-0.1, -0.05) is 93.6 Å². The van der Waals surface area contributed by atoms with Gasteiger partial charge in [0, 0.05) is 15.8 Å². The lowest BCUT2D eigenvalue weighted by molar-refractivity contribution is -0.115. The molecule has 0 unspecified atom stereocenters. The van der Waals surface area contributed by atoms with Gasteiger partial charge in [-0.3, -0.25) is 4.79 Å². The zero-order valence-corrected chi connectivity index (χ0v) is 23.1. The van der Waals surface area contributed by atoms with E-state index >= 15 is 0 Å². The fraction of sp³-hybridized carbons (Fsp3) is 0.226. The summed E-state index contributed by atoms with van der Waals surface area (Å²) in [5, 5.41) is 4.97. The molecule has 0 saturated carbocycles. The number of ether oxygens (including phenoxy) is 1. The van der Waals surface area contributed by atoms with Gasteiger partial charge in [0.1, 0.15) is 15.8 Å². The van der Waals surface area contributed by atoms with Crippen LogP contribution in [0.1, 0.15) is 54.4 Å². The lowest BCUT2D eigenvalue weighted by atomic mass is 9.86. The number of esters is 1. The maximum Gasteiger partial charge on any atom is 0.341 e. The largest absolute Gasteiger partial charge is 0.462 e. The third-order valence-electron chi connectivity index (χ3n) is 5.91. The van der Waals surface area contributed by atoms with Crippen molar-refractivity contribution in [3.63, 3.8) is 0 Å². The number of thioether (sulfide) groups is 1. The number of benzene rings is 3. The molecular weight excluding hydrogens is 498 g/mol. The van der Waals surface area contributed by atoms with Crippen molar-refractivity contribution in [3.8, 4) is 11.1 Å². The highest BCUT2D eigenvalue weighted by Gasteiger charge is 2.27. The summed E-state index contributed by atoms with van der Waals surface area (Å²) in [5.41, 5.74) is 4.18. The summed E-state index contributed by atoms with van der Waals surface area (Å²) >= 11 is 2.82. The Morgan fingerprint density at radius 2 is 1.54 bits per heavy atom. The average Bonchev–Trinajstić information content (AvgIpc) is 3.31. The van der Waals surface area contributed by atoms with Gasteiger partial charge in [0.05, 0.1) is 6.61 Å². The molecule has 1 heterocycles. The van der Waals surface area contributed by atoms with E-state index in [2.05, 4.69) is 38.2 Å². The van der Waals surface area contributed by atoms with E-state index in [0.29, 0.717) is 10.6 Å². The molecule has 3 aromatic carbocycles. The SMILES string of the molecule is CCOC(=O)c1c(-c2ccc(C(C)(C)C)cc2)csc1NC(=O)[C@H](Sc1ccccc1)c1ccccc1. The van der Waals surface area contributed by atoms with E-state index in [0.717, 1.165) is 21.6 Å². The van der Waals surface area contributed by atoms with Crippen molar-refractivity contribution in [2.75, 3.05) is 11.9 Å². The number of anilines is 1. The minimum Gasteiger partial charge on any atom is -0.462 e. The molecule has 1 N–H and O–H groups in total. The molecular formula is C31H31NO3S2. The highest BCUT2D eigenvalue weighted by Crippen LogP contribution is 2.40. The van der Waals surface area contributed by atoms with Crippen LogP contribution >= 0.6 is 23.1 Å². The van der Waals surface area contributed by atoms with Crippen molar-refractivity contribution >= 4 is 40.0 Å². The van der Waals surface area contributed by atoms with Gasteiger partial charge in [-0.25, -0.2) is 4.79 Å². The molecule has 0 aliphatic rings. The molecule has 4 aromatic rings. The Morgan fingerprint density at radius 1 is 0.919 bits per heavy atom. The Labute approximate surface area is 227 Å². The summed E-state index contributed by atoms with van der Waals surface area (Å²) in [4.78, 5) is 27.7. The highest BCUT2D eigenvalue weighted by atomic mass is 32.2. The lowest BCUT2D eigenvalue weighted by Crippen LogP contribution is -2.20. The van der Waals surface area contributed by atoms with E-state index in [1.165, 1.54) is 28.7 Å². The number of carbonyl (C=O) groups is 2. The van der Waals surface area contributed by atoms with Gasteiger partial charge in [-0.15, -0.1) is 23.1 Å². The van der Waals surface area contributed by atoms with Crippen molar-refractivity contribution in [1.82, 2.24) is 0 Å². The van der Waals surface area contributed by atoms with Crippen LogP contribution in [0.2, 0.25) is 0 Å². The van der Waals surface area contributed by atoms with Crippen LogP contribution in [-0.2, 0) is 14.9 Å². The quantitative estimate of drug-likeness (QED) is 0.184. The fourth-order valence-corrected chi connectivity index (χ4v) is 5.94. The van der Waals surface area contributed by atoms with Crippen molar-refractivity contribution in [3.05, 3.63) is 107 Å². The molecule has 1 atom stereocenters. The molecule has 0 spiro atoms. The second-order valence-electron chi connectivity index (χ2n) is 9.61. The van der Waals surface area contributed by atoms with Crippen LogP contribution in [0.4, 0.5) is 5.00 Å². The minimum atomic E-state index is -0.490. The lowest BCUT2D eigenvalue weighted by Gasteiger charge is -2.19. The Bertz CT molecular complexity index is 1340. The number of amides is 1. The first-order valence-corrected chi connectivity index (χ1v) is 14.0. The van der Waals surface area contributed by atoms with Crippen molar-refractivity contribution in [2.24, 2.45) is 0 Å². The topological polar surface area (TPSA) is 55.4 Å². The molecule has 190 valence electrons. The number of hydrogen-bond acceptors (Lipinski definition) is 5. The zero-order valence-electron chi connectivity index (χ0n) is 21.5.